The second kappa shape index (κ2) is 7.27. The lowest BCUT2D eigenvalue weighted by Crippen LogP contribution is -2.38. The van der Waals surface area contributed by atoms with E-state index in [2.05, 4.69) is 10.00 Å². The van der Waals surface area contributed by atoms with Crippen LogP contribution in [0.2, 0.25) is 0 Å². The van der Waals surface area contributed by atoms with Gasteiger partial charge < -0.3 is 9.80 Å². The fraction of sp³-hybridized carbons (Fsp3) is 0.474. The normalized spacial score (nSPS) is 17.9. The van der Waals surface area contributed by atoms with Crippen molar-refractivity contribution in [1.29, 1.82) is 0 Å². The lowest BCUT2D eigenvalue weighted by Gasteiger charge is -2.35. The molecule has 1 aliphatic heterocycles. The molecular formula is C19H26N4O2. The molecule has 1 atom stereocenters. The predicted molar refractivity (Wildman–Crippen MR) is 97.5 cm³/mol. The van der Waals surface area contributed by atoms with E-state index in [1.165, 1.54) is 10.2 Å². The largest absolute Gasteiger partial charge is 0.330 e. The van der Waals surface area contributed by atoms with Crippen molar-refractivity contribution in [1.82, 2.24) is 19.6 Å². The Bertz CT molecular complexity index is 789. The summed E-state index contributed by atoms with van der Waals surface area (Å²) < 4.78 is 1.46. The summed E-state index contributed by atoms with van der Waals surface area (Å²) in [5, 5.41) is 3.09. The standard InChI is InChI=1S/C19H26N4O2/c1-21(2)13-14-7-9-15(10-8-14)19(25)23-11-5-4-6-17(23)16-12-18(24)22(3)20-16/h7-10,12,17,20H,4-6,11,13H2,1-3H3. The third-order valence-corrected chi connectivity index (χ3v) is 4.73. The second-order valence-electron chi connectivity index (χ2n) is 7.05. The van der Waals surface area contributed by atoms with Gasteiger partial charge >= 0.3 is 0 Å². The average Bonchev–Trinajstić information content (AvgIpc) is 2.93. The van der Waals surface area contributed by atoms with Crippen molar-refractivity contribution in [3.8, 4) is 0 Å². The molecule has 0 saturated carbocycles. The number of aromatic amines is 1. The molecule has 0 bridgehead atoms. The maximum Gasteiger partial charge on any atom is 0.266 e. The van der Waals surface area contributed by atoms with E-state index in [9.17, 15) is 9.59 Å². The minimum atomic E-state index is -0.0685. The lowest BCUT2D eigenvalue weighted by molar-refractivity contribution is 0.0605. The summed E-state index contributed by atoms with van der Waals surface area (Å²) in [6.45, 7) is 1.58. The first-order valence-electron chi connectivity index (χ1n) is 8.76. The molecule has 1 unspecified atom stereocenters. The fourth-order valence-corrected chi connectivity index (χ4v) is 3.46. The van der Waals surface area contributed by atoms with E-state index in [0.717, 1.165) is 38.0 Å². The molecule has 1 aliphatic rings. The minimum Gasteiger partial charge on any atom is -0.330 e. The number of nitrogens with zero attached hydrogens (tertiary/aromatic N) is 3. The number of nitrogens with one attached hydrogen (secondary N) is 1. The Balaban J connectivity index is 1.82. The molecule has 0 aliphatic carbocycles. The summed E-state index contributed by atoms with van der Waals surface area (Å²) in [4.78, 5) is 28.8. The van der Waals surface area contributed by atoms with Crippen LogP contribution >= 0.6 is 0 Å². The van der Waals surface area contributed by atoms with E-state index in [-0.39, 0.29) is 17.5 Å². The molecule has 1 saturated heterocycles. The van der Waals surface area contributed by atoms with E-state index >= 15 is 0 Å². The van der Waals surface area contributed by atoms with E-state index in [4.69, 9.17) is 0 Å². The zero-order chi connectivity index (χ0) is 18.0. The van der Waals surface area contributed by atoms with Crippen molar-refractivity contribution in [2.75, 3.05) is 20.6 Å². The molecule has 1 fully saturated rings. The molecule has 6 heteroatoms. The Morgan fingerprint density at radius 3 is 2.56 bits per heavy atom. The molecule has 6 nitrogen and oxygen atoms in total. The molecule has 1 aromatic heterocycles. The number of carbonyl (C=O) groups excluding carboxylic acids is 1. The van der Waals surface area contributed by atoms with Crippen molar-refractivity contribution in [2.24, 2.45) is 7.05 Å². The smallest absolute Gasteiger partial charge is 0.266 e. The number of benzene rings is 1. The first-order chi connectivity index (χ1) is 12.0. The molecule has 2 aromatic rings. The zero-order valence-corrected chi connectivity index (χ0v) is 15.2. The van der Waals surface area contributed by atoms with Crippen LogP contribution < -0.4 is 5.56 Å². The topological polar surface area (TPSA) is 61.3 Å². The number of carbonyl (C=O) groups is 1. The number of aryl methyl sites for hydroxylation is 1. The van der Waals surface area contributed by atoms with E-state index < -0.39 is 0 Å². The quantitative estimate of drug-likeness (QED) is 0.926. The minimum absolute atomic E-state index is 0.0332. The van der Waals surface area contributed by atoms with Gasteiger partial charge in [-0.05, 0) is 51.1 Å². The van der Waals surface area contributed by atoms with Crippen LogP contribution in [0.15, 0.2) is 35.1 Å². The van der Waals surface area contributed by atoms with Crippen molar-refractivity contribution < 1.29 is 4.79 Å². The van der Waals surface area contributed by atoms with Crippen LogP contribution in [0.4, 0.5) is 0 Å². The maximum atomic E-state index is 13.0. The maximum absolute atomic E-state index is 13.0. The molecular weight excluding hydrogens is 316 g/mol. The summed E-state index contributed by atoms with van der Waals surface area (Å²) in [5.41, 5.74) is 2.64. The molecule has 2 heterocycles. The molecule has 1 aromatic carbocycles. The number of piperidine rings is 1. The second-order valence-corrected chi connectivity index (χ2v) is 7.05. The van der Waals surface area contributed by atoms with Crippen LogP contribution in [0.5, 0.6) is 0 Å². The highest BCUT2D eigenvalue weighted by Gasteiger charge is 2.30. The summed E-state index contributed by atoms with van der Waals surface area (Å²) in [7, 11) is 5.75. The Labute approximate surface area is 148 Å². The third-order valence-electron chi connectivity index (χ3n) is 4.73. The molecule has 1 amide bonds. The number of aromatic nitrogens is 2. The molecule has 25 heavy (non-hydrogen) atoms. The molecule has 134 valence electrons. The van der Waals surface area contributed by atoms with Gasteiger partial charge in [0.15, 0.2) is 0 Å². The van der Waals surface area contributed by atoms with Gasteiger partial charge in [0.25, 0.3) is 11.5 Å². The van der Waals surface area contributed by atoms with Gasteiger partial charge in [0.05, 0.1) is 11.7 Å². The Hall–Kier alpha value is -2.34. The van der Waals surface area contributed by atoms with E-state index in [1.54, 1.807) is 13.1 Å². The summed E-state index contributed by atoms with van der Waals surface area (Å²) in [5.74, 6) is 0.0332. The third kappa shape index (κ3) is 3.85. The number of rotatable bonds is 4. The average molecular weight is 342 g/mol. The van der Waals surface area contributed by atoms with E-state index in [0.29, 0.717) is 5.56 Å². The number of amides is 1. The summed E-state index contributed by atoms with van der Waals surface area (Å²) >= 11 is 0. The molecule has 0 spiro atoms. The first kappa shape index (κ1) is 17.5. The number of likely N-dealkylation sites (tertiary alicyclic amines) is 1. The Morgan fingerprint density at radius 1 is 1.24 bits per heavy atom. The Kier molecular flexibility index (Phi) is 5.08. The highest BCUT2D eigenvalue weighted by molar-refractivity contribution is 5.94. The van der Waals surface area contributed by atoms with Crippen molar-refractivity contribution >= 4 is 5.91 Å². The van der Waals surface area contributed by atoms with Gasteiger partial charge in [-0.3, -0.25) is 19.4 Å². The first-order valence-corrected chi connectivity index (χ1v) is 8.76. The highest BCUT2D eigenvalue weighted by Crippen LogP contribution is 2.30. The van der Waals surface area contributed by atoms with Gasteiger partial charge in [0.2, 0.25) is 0 Å². The predicted octanol–water partition coefficient (Wildman–Crippen LogP) is 2.14. The Morgan fingerprint density at radius 2 is 1.96 bits per heavy atom. The van der Waals surface area contributed by atoms with Crippen molar-refractivity contribution in [3.05, 3.63) is 57.5 Å². The number of H-pyrrole nitrogens is 1. The van der Waals surface area contributed by atoms with Crippen LogP contribution in [0, 0.1) is 0 Å². The van der Waals surface area contributed by atoms with Gasteiger partial charge in [0, 0.05) is 31.8 Å². The van der Waals surface area contributed by atoms with Crippen molar-refractivity contribution in [2.45, 2.75) is 31.8 Å². The molecule has 0 radical (unpaired) electrons. The van der Waals surface area contributed by atoms with Crippen LogP contribution in [0.1, 0.15) is 46.9 Å². The number of hydrogen-bond acceptors (Lipinski definition) is 3. The monoisotopic (exact) mass is 342 g/mol. The molecule has 1 N–H and O–H groups in total. The molecule has 3 rings (SSSR count). The van der Waals surface area contributed by atoms with Crippen LogP contribution in [-0.2, 0) is 13.6 Å². The SMILES string of the molecule is CN(C)Cc1ccc(C(=O)N2CCCCC2c2cc(=O)n(C)[nH]2)cc1. The number of hydrogen-bond donors (Lipinski definition) is 1. The van der Waals surface area contributed by atoms with E-state index in [1.807, 2.05) is 43.3 Å². The summed E-state index contributed by atoms with van der Waals surface area (Å²) in [6, 6.07) is 9.38. The van der Waals surface area contributed by atoms with Crippen LogP contribution in [0.3, 0.4) is 0 Å². The lowest BCUT2D eigenvalue weighted by atomic mass is 9.98. The van der Waals surface area contributed by atoms with Crippen molar-refractivity contribution in [3.63, 3.8) is 0 Å². The van der Waals surface area contributed by atoms with Gasteiger partial charge in [-0.15, -0.1) is 0 Å². The van der Waals surface area contributed by atoms with Gasteiger partial charge in [-0.25, -0.2) is 0 Å². The highest BCUT2D eigenvalue weighted by atomic mass is 16.2. The van der Waals surface area contributed by atoms with Gasteiger partial charge in [-0.1, -0.05) is 12.1 Å². The van der Waals surface area contributed by atoms with Crippen LogP contribution in [-0.4, -0.2) is 46.1 Å². The van der Waals surface area contributed by atoms with Gasteiger partial charge in [0.1, 0.15) is 0 Å². The van der Waals surface area contributed by atoms with Crippen LogP contribution in [0.25, 0.3) is 0 Å². The zero-order valence-electron chi connectivity index (χ0n) is 15.2. The summed E-state index contributed by atoms with van der Waals surface area (Å²) in [6.07, 6.45) is 2.94. The fourth-order valence-electron chi connectivity index (χ4n) is 3.46. The van der Waals surface area contributed by atoms with Gasteiger partial charge in [-0.2, -0.15) is 0 Å².